The Labute approximate surface area is 97.3 Å². The SMILES string of the molecule is C#CCN(CC(=O)O)Cc1ccc(Cl)s1. The summed E-state index contributed by atoms with van der Waals surface area (Å²) >= 11 is 7.20. The molecule has 0 unspecified atom stereocenters. The molecular weight excluding hydrogens is 234 g/mol. The summed E-state index contributed by atoms with van der Waals surface area (Å²) in [5.74, 6) is 1.55. The third kappa shape index (κ3) is 4.34. The Hall–Kier alpha value is -1.02. The standard InChI is InChI=1S/C10H10ClNO2S/c1-2-5-12(7-10(13)14)6-8-3-4-9(11)15-8/h1,3-4H,5-7H2,(H,13,14). The molecule has 0 saturated carbocycles. The van der Waals surface area contributed by atoms with E-state index in [1.54, 1.807) is 11.0 Å². The van der Waals surface area contributed by atoms with Crippen LogP contribution in [0, 0.1) is 12.3 Å². The first-order chi connectivity index (χ1) is 7.11. The quantitative estimate of drug-likeness (QED) is 0.804. The molecule has 0 aromatic carbocycles. The molecule has 3 nitrogen and oxygen atoms in total. The fourth-order valence-electron chi connectivity index (χ4n) is 1.15. The zero-order valence-corrected chi connectivity index (χ0v) is 9.51. The van der Waals surface area contributed by atoms with E-state index in [0.717, 1.165) is 4.88 Å². The summed E-state index contributed by atoms with van der Waals surface area (Å²) < 4.78 is 0.695. The molecule has 0 fully saturated rings. The second-order valence-electron chi connectivity index (χ2n) is 2.95. The van der Waals surface area contributed by atoms with Gasteiger partial charge in [0.25, 0.3) is 0 Å². The third-order valence-electron chi connectivity index (χ3n) is 1.68. The van der Waals surface area contributed by atoms with Crippen LogP contribution in [0.15, 0.2) is 12.1 Å². The molecule has 1 N–H and O–H groups in total. The molecule has 1 aromatic heterocycles. The number of carboxylic acids is 1. The number of hydrogen-bond donors (Lipinski definition) is 1. The Kier molecular flexibility index (Phi) is 4.63. The molecule has 0 amide bonds. The molecule has 0 saturated heterocycles. The molecule has 80 valence electrons. The summed E-state index contributed by atoms with van der Waals surface area (Å²) in [5.41, 5.74) is 0. The zero-order chi connectivity index (χ0) is 11.3. The lowest BCUT2D eigenvalue weighted by Crippen LogP contribution is -2.29. The first-order valence-corrected chi connectivity index (χ1v) is 5.43. The maximum absolute atomic E-state index is 10.5. The van der Waals surface area contributed by atoms with Crippen LogP contribution in [0.3, 0.4) is 0 Å². The number of aliphatic carboxylic acids is 1. The molecule has 0 aliphatic rings. The van der Waals surface area contributed by atoms with Gasteiger partial charge in [-0.25, -0.2) is 0 Å². The van der Waals surface area contributed by atoms with E-state index in [1.807, 2.05) is 6.07 Å². The number of carbonyl (C=O) groups is 1. The van der Waals surface area contributed by atoms with Gasteiger partial charge in [-0.1, -0.05) is 17.5 Å². The van der Waals surface area contributed by atoms with E-state index in [9.17, 15) is 4.79 Å². The highest BCUT2D eigenvalue weighted by atomic mass is 35.5. The Bertz CT molecular complexity index is 383. The van der Waals surface area contributed by atoms with E-state index in [4.69, 9.17) is 23.1 Å². The smallest absolute Gasteiger partial charge is 0.317 e. The van der Waals surface area contributed by atoms with Crippen molar-refractivity contribution >= 4 is 28.9 Å². The minimum absolute atomic E-state index is 0.0558. The van der Waals surface area contributed by atoms with Gasteiger partial charge in [-0.15, -0.1) is 17.8 Å². The predicted molar refractivity (Wildman–Crippen MR) is 61.1 cm³/mol. The summed E-state index contributed by atoms with van der Waals surface area (Å²) in [5, 5.41) is 8.66. The first-order valence-electron chi connectivity index (χ1n) is 4.23. The van der Waals surface area contributed by atoms with Gasteiger partial charge in [0.05, 0.1) is 17.4 Å². The number of carboxylic acid groups (broad SMARTS) is 1. The maximum atomic E-state index is 10.5. The topological polar surface area (TPSA) is 40.5 Å². The van der Waals surface area contributed by atoms with Crippen molar-refractivity contribution in [3.8, 4) is 12.3 Å². The fourth-order valence-corrected chi connectivity index (χ4v) is 2.28. The third-order valence-corrected chi connectivity index (χ3v) is 2.90. The lowest BCUT2D eigenvalue weighted by atomic mass is 10.4. The highest BCUT2D eigenvalue weighted by Crippen LogP contribution is 2.22. The second-order valence-corrected chi connectivity index (χ2v) is 4.75. The monoisotopic (exact) mass is 243 g/mol. The Morgan fingerprint density at radius 1 is 1.67 bits per heavy atom. The van der Waals surface area contributed by atoms with Crippen LogP contribution in [0.1, 0.15) is 4.88 Å². The molecule has 1 aromatic rings. The van der Waals surface area contributed by atoms with Crippen molar-refractivity contribution in [2.24, 2.45) is 0 Å². The van der Waals surface area contributed by atoms with Gasteiger partial charge < -0.3 is 5.11 Å². The molecule has 0 bridgehead atoms. The van der Waals surface area contributed by atoms with Crippen LogP contribution in [-0.2, 0) is 11.3 Å². The van der Waals surface area contributed by atoms with E-state index >= 15 is 0 Å². The van der Waals surface area contributed by atoms with Crippen molar-refractivity contribution in [2.75, 3.05) is 13.1 Å². The van der Waals surface area contributed by atoms with Gasteiger partial charge in [-0.2, -0.15) is 0 Å². The number of hydrogen-bond acceptors (Lipinski definition) is 3. The van der Waals surface area contributed by atoms with E-state index in [-0.39, 0.29) is 6.54 Å². The number of nitrogens with zero attached hydrogens (tertiary/aromatic N) is 1. The van der Waals surface area contributed by atoms with Crippen LogP contribution in [0.25, 0.3) is 0 Å². The molecule has 1 rings (SSSR count). The summed E-state index contributed by atoms with van der Waals surface area (Å²) in [6, 6.07) is 3.66. The lowest BCUT2D eigenvalue weighted by molar-refractivity contribution is -0.138. The minimum atomic E-state index is -0.882. The van der Waals surface area contributed by atoms with Crippen molar-refractivity contribution < 1.29 is 9.90 Å². The fraction of sp³-hybridized carbons (Fsp3) is 0.300. The highest BCUT2D eigenvalue weighted by molar-refractivity contribution is 7.16. The van der Waals surface area contributed by atoms with Crippen molar-refractivity contribution in [3.05, 3.63) is 21.3 Å². The zero-order valence-electron chi connectivity index (χ0n) is 7.94. The predicted octanol–water partition coefficient (Wildman–Crippen LogP) is 1.92. The summed E-state index contributed by atoms with van der Waals surface area (Å²) in [6.07, 6.45) is 5.16. The van der Waals surface area contributed by atoms with Gasteiger partial charge in [0.1, 0.15) is 0 Å². The Balaban J connectivity index is 2.58. The molecule has 0 radical (unpaired) electrons. The number of rotatable bonds is 5. The maximum Gasteiger partial charge on any atom is 0.317 e. The molecule has 0 spiro atoms. The molecule has 0 atom stereocenters. The van der Waals surface area contributed by atoms with Crippen molar-refractivity contribution in [1.29, 1.82) is 0 Å². The normalized spacial score (nSPS) is 10.2. The number of thiophene rings is 1. The van der Waals surface area contributed by atoms with Gasteiger partial charge in [-0.3, -0.25) is 9.69 Å². The van der Waals surface area contributed by atoms with Gasteiger partial charge in [-0.05, 0) is 12.1 Å². The van der Waals surface area contributed by atoms with Gasteiger partial charge >= 0.3 is 5.97 Å². The van der Waals surface area contributed by atoms with E-state index < -0.39 is 5.97 Å². The molecule has 1 heterocycles. The number of halogens is 1. The van der Waals surface area contributed by atoms with Gasteiger partial charge in [0.2, 0.25) is 0 Å². The molecule has 5 heteroatoms. The highest BCUT2D eigenvalue weighted by Gasteiger charge is 2.10. The van der Waals surface area contributed by atoms with Crippen LogP contribution in [0.5, 0.6) is 0 Å². The van der Waals surface area contributed by atoms with Crippen molar-refractivity contribution in [3.63, 3.8) is 0 Å². The van der Waals surface area contributed by atoms with Crippen LogP contribution in [0.4, 0.5) is 0 Å². The van der Waals surface area contributed by atoms with Crippen LogP contribution < -0.4 is 0 Å². The van der Waals surface area contributed by atoms with E-state index in [1.165, 1.54) is 11.3 Å². The first kappa shape index (κ1) is 12.1. The van der Waals surface area contributed by atoms with Crippen LogP contribution >= 0.6 is 22.9 Å². The van der Waals surface area contributed by atoms with Crippen LogP contribution in [0.2, 0.25) is 4.34 Å². The van der Waals surface area contributed by atoms with E-state index in [0.29, 0.717) is 17.4 Å². The molecule has 0 aliphatic carbocycles. The largest absolute Gasteiger partial charge is 0.480 e. The Morgan fingerprint density at radius 3 is 2.87 bits per heavy atom. The lowest BCUT2D eigenvalue weighted by Gasteiger charge is -2.15. The van der Waals surface area contributed by atoms with Crippen molar-refractivity contribution in [1.82, 2.24) is 4.90 Å². The summed E-state index contributed by atoms with van der Waals surface area (Å²) in [6.45, 7) is 0.787. The van der Waals surface area contributed by atoms with Gasteiger partial charge in [0, 0.05) is 11.4 Å². The van der Waals surface area contributed by atoms with Gasteiger partial charge in [0.15, 0.2) is 0 Å². The average molecular weight is 244 g/mol. The molecular formula is C10H10ClNO2S. The second kappa shape index (κ2) is 5.76. The summed E-state index contributed by atoms with van der Waals surface area (Å²) in [7, 11) is 0. The molecule has 15 heavy (non-hydrogen) atoms. The number of terminal acetylenes is 1. The summed E-state index contributed by atoms with van der Waals surface area (Å²) in [4.78, 5) is 13.2. The van der Waals surface area contributed by atoms with E-state index in [2.05, 4.69) is 5.92 Å². The van der Waals surface area contributed by atoms with Crippen molar-refractivity contribution in [2.45, 2.75) is 6.54 Å². The van der Waals surface area contributed by atoms with Crippen LogP contribution in [-0.4, -0.2) is 29.1 Å². The average Bonchev–Trinajstić information content (AvgIpc) is 2.50. The minimum Gasteiger partial charge on any atom is -0.480 e. The Morgan fingerprint density at radius 2 is 2.40 bits per heavy atom. The molecule has 0 aliphatic heterocycles.